The summed E-state index contributed by atoms with van der Waals surface area (Å²) in [6, 6.07) is 1.95. The summed E-state index contributed by atoms with van der Waals surface area (Å²) in [5.74, 6) is 0.400. The number of carbonyl (C=O) groups is 1. The van der Waals surface area contributed by atoms with Gasteiger partial charge < -0.3 is 5.32 Å². The third-order valence-electron chi connectivity index (χ3n) is 5.49. The van der Waals surface area contributed by atoms with Crippen LogP contribution in [0.3, 0.4) is 0 Å². The molecule has 0 radical (unpaired) electrons. The molecule has 3 N–H and O–H groups in total. The van der Waals surface area contributed by atoms with Crippen LogP contribution in [0.25, 0.3) is 0 Å². The lowest BCUT2D eigenvalue weighted by molar-refractivity contribution is 0.104. The predicted octanol–water partition coefficient (Wildman–Crippen LogP) is 2.73. The zero-order chi connectivity index (χ0) is 23.6. The fourth-order valence-corrected chi connectivity index (χ4v) is 5.69. The molecule has 3 aromatic heterocycles. The van der Waals surface area contributed by atoms with E-state index >= 15 is 0 Å². The van der Waals surface area contributed by atoms with Crippen LogP contribution in [0.5, 0.6) is 0 Å². The first-order valence-electron chi connectivity index (χ1n) is 10.2. The number of halogens is 1. The summed E-state index contributed by atoms with van der Waals surface area (Å²) >= 11 is 3.66. The molecular formula is C20H23IN6O4S2. The lowest BCUT2D eigenvalue weighted by Crippen LogP contribution is -2.22. The van der Waals surface area contributed by atoms with Gasteiger partial charge in [0, 0.05) is 23.3 Å². The molecule has 0 aliphatic heterocycles. The molecule has 0 bridgehead atoms. The number of nitrogens with zero attached hydrogens (tertiary/aromatic N) is 4. The molecule has 1 aliphatic rings. The highest BCUT2D eigenvalue weighted by atomic mass is 127. The van der Waals surface area contributed by atoms with Gasteiger partial charge >= 0.3 is 10.3 Å². The van der Waals surface area contributed by atoms with Crippen molar-refractivity contribution in [2.45, 2.75) is 38.8 Å². The van der Waals surface area contributed by atoms with Crippen LogP contribution < -0.4 is 10.5 Å². The fourth-order valence-electron chi connectivity index (χ4n) is 3.87. The first-order chi connectivity index (χ1) is 15.7. The summed E-state index contributed by atoms with van der Waals surface area (Å²) in [7, 11) is -3.95. The van der Waals surface area contributed by atoms with E-state index in [9.17, 15) is 13.2 Å². The number of hydrogen-bond acceptors (Lipinski definition) is 9. The standard InChI is InChI=1S/C20H23IN6O4S2/c1-12-14(8-27-9-15(21)6-25-27)5-18(32-12)19(28)17-7-23-11-24-20(17)26-16-3-2-13(4-16)10-31-33(22,29)30/h5-7,9,11,13,16H,2-4,8,10H2,1H3,(H2,22,29,30)(H,23,24,26)/t13-,16+/m1/s1. The molecule has 0 saturated heterocycles. The largest absolute Gasteiger partial charge is 0.367 e. The molecule has 3 heterocycles. The van der Waals surface area contributed by atoms with Crippen molar-refractivity contribution in [1.82, 2.24) is 19.7 Å². The van der Waals surface area contributed by atoms with Gasteiger partial charge in [-0.25, -0.2) is 15.1 Å². The zero-order valence-electron chi connectivity index (χ0n) is 17.8. The minimum Gasteiger partial charge on any atom is -0.367 e. The van der Waals surface area contributed by atoms with Gasteiger partial charge in [0.2, 0.25) is 5.78 Å². The normalized spacial score (nSPS) is 18.5. The highest BCUT2D eigenvalue weighted by Gasteiger charge is 2.28. The molecule has 0 amide bonds. The van der Waals surface area contributed by atoms with Gasteiger partial charge in [0.1, 0.15) is 12.1 Å². The van der Waals surface area contributed by atoms with Crippen LogP contribution in [0, 0.1) is 16.4 Å². The predicted molar refractivity (Wildman–Crippen MR) is 132 cm³/mol. The van der Waals surface area contributed by atoms with Crippen molar-refractivity contribution in [3.8, 4) is 0 Å². The van der Waals surface area contributed by atoms with Gasteiger partial charge in [-0.05, 0) is 66.3 Å². The first kappa shape index (κ1) is 24.2. The summed E-state index contributed by atoms with van der Waals surface area (Å²) in [5, 5.41) is 12.6. The van der Waals surface area contributed by atoms with E-state index in [1.165, 1.54) is 23.9 Å². The van der Waals surface area contributed by atoms with E-state index in [0.717, 1.165) is 26.9 Å². The Labute approximate surface area is 209 Å². The summed E-state index contributed by atoms with van der Waals surface area (Å²) < 4.78 is 29.7. The molecule has 1 fully saturated rings. The van der Waals surface area contributed by atoms with Crippen LogP contribution in [-0.4, -0.2) is 46.6 Å². The van der Waals surface area contributed by atoms with E-state index < -0.39 is 10.3 Å². The van der Waals surface area contributed by atoms with Gasteiger partial charge in [-0.15, -0.1) is 11.3 Å². The van der Waals surface area contributed by atoms with E-state index in [1.54, 1.807) is 6.20 Å². The average Bonchev–Trinajstić information content (AvgIpc) is 3.47. The van der Waals surface area contributed by atoms with E-state index in [2.05, 4.69) is 43.0 Å². The first-order valence-corrected chi connectivity index (χ1v) is 13.6. The van der Waals surface area contributed by atoms with Crippen LogP contribution >= 0.6 is 33.9 Å². The second kappa shape index (κ2) is 10.1. The SMILES string of the molecule is Cc1sc(C(=O)c2cncnc2N[C@H]2CC[C@@H](COS(N)(=O)=O)C2)cc1Cn1cc(I)cn1. The molecule has 0 aromatic carbocycles. The lowest BCUT2D eigenvalue weighted by atomic mass is 10.1. The Morgan fingerprint density at radius 3 is 2.94 bits per heavy atom. The molecule has 4 rings (SSSR count). The van der Waals surface area contributed by atoms with E-state index in [-0.39, 0.29) is 24.3 Å². The lowest BCUT2D eigenvalue weighted by Gasteiger charge is -2.15. The third kappa shape index (κ3) is 6.35. The molecule has 1 aliphatic carbocycles. The van der Waals surface area contributed by atoms with Crippen molar-refractivity contribution in [3.05, 3.63) is 55.4 Å². The Balaban J connectivity index is 1.45. The highest BCUT2D eigenvalue weighted by Crippen LogP contribution is 2.31. The molecule has 176 valence electrons. The van der Waals surface area contributed by atoms with Crippen molar-refractivity contribution < 1.29 is 17.4 Å². The Hall–Kier alpha value is -1.94. The number of nitrogens with one attached hydrogen (secondary N) is 1. The number of ketones is 1. The van der Waals surface area contributed by atoms with Crippen LogP contribution in [0.15, 0.2) is 31.0 Å². The number of aryl methyl sites for hydroxylation is 1. The molecule has 33 heavy (non-hydrogen) atoms. The van der Waals surface area contributed by atoms with Crippen LogP contribution in [0.1, 0.15) is 44.9 Å². The maximum atomic E-state index is 13.3. The van der Waals surface area contributed by atoms with Gasteiger partial charge in [0.05, 0.1) is 33.4 Å². The monoisotopic (exact) mass is 602 g/mol. The number of hydrogen-bond donors (Lipinski definition) is 2. The van der Waals surface area contributed by atoms with E-state index in [0.29, 0.717) is 29.2 Å². The molecule has 3 aromatic rings. The summed E-state index contributed by atoms with van der Waals surface area (Å²) in [6.07, 6.45) is 8.97. The highest BCUT2D eigenvalue weighted by molar-refractivity contribution is 14.1. The number of nitrogens with two attached hydrogens (primary N) is 1. The molecule has 1 saturated carbocycles. The minimum atomic E-state index is -3.95. The Bertz CT molecular complexity index is 1260. The number of thiophene rings is 1. The zero-order valence-corrected chi connectivity index (χ0v) is 21.6. The summed E-state index contributed by atoms with van der Waals surface area (Å²) in [4.78, 5) is 23.3. The molecule has 10 nitrogen and oxygen atoms in total. The van der Waals surface area contributed by atoms with E-state index in [4.69, 9.17) is 9.32 Å². The maximum absolute atomic E-state index is 13.3. The molecule has 2 atom stereocenters. The van der Waals surface area contributed by atoms with Crippen molar-refractivity contribution in [2.24, 2.45) is 11.1 Å². The summed E-state index contributed by atoms with van der Waals surface area (Å²) in [6.45, 7) is 2.65. The van der Waals surface area contributed by atoms with Gasteiger partial charge in [0.25, 0.3) is 0 Å². The summed E-state index contributed by atoms with van der Waals surface area (Å²) in [5.41, 5.74) is 1.45. The van der Waals surface area contributed by atoms with E-state index in [1.807, 2.05) is 23.9 Å². The minimum absolute atomic E-state index is 0.0449. The van der Waals surface area contributed by atoms with Gasteiger partial charge in [-0.2, -0.15) is 13.5 Å². The second-order valence-electron chi connectivity index (χ2n) is 7.96. The van der Waals surface area contributed by atoms with Gasteiger partial charge in [0.15, 0.2) is 0 Å². The number of aromatic nitrogens is 4. The smallest absolute Gasteiger partial charge is 0.333 e. The molecule has 0 spiro atoms. The number of rotatable bonds is 9. The third-order valence-corrected chi connectivity index (χ3v) is 7.60. The number of anilines is 1. The Morgan fingerprint density at radius 2 is 2.21 bits per heavy atom. The Morgan fingerprint density at radius 1 is 1.39 bits per heavy atom. The van der Waals surface area contributed by atoms with Gasteiger partial charge in [-0.3, -0.25) is 13.7 Å². The van der Waals surface area contributed by atoms with Crippen molar-refractivity contribution in [2.75, 3.05) is 11.9 Å². The second-order valence-corrected chi connectivity index (χ2v) is 11.7. The Kier molecular flexibility index (Phi) is 7.43. The van der Waals surface area contributed by atoms with Crippen molar-refractivity contribution >= 4 is 55.8 Å². The molecule has 13 heteroatoms. The fraction of sp³-hybridized carbons (Fsp3) is 0.400. The van der Waals surface area contributed by atoms with Gasteiger partial charge in [-0.1, -0.05) is 0 Å². The average molecular weight is 602 g/mol. The topological polar surface area (TPSA) is 142 Å². The maximum Gasteiger partial charge on any atom is 0.333 e. The quantitative estimate of drug-likeness (QED) is 0.281. The molecular weight excluding hydrogens is 579 g/mol. The van der Waals surface area contributed by atoms with Crippen LogP contribution in [0.4, 0.5) is 5.82 Å². The van der Waals surface area contributed by atoms with Crippen LogP contribution in [-0.2, 0) is 21.0 Å². The molecule has 0 unspecified atom stereocenters. The van der Waals surface area contributed by atoms with Crippen molar-refractivity contribution in [1.29, 1.82) is 0 Å². The number of carbonyl (C=O) groups excluding carboxylic acids is 1. The van der Waals surface area contributed by atoms with Crippen molar-refractivity contribution in [3.63, 3.8) is 0 Å². The van der Waals surface area contributed by atoms with Crippen LogP contribution in [0.2, 0.25) is 0 Å².